The highest BCUT2D eigenvalue weighted by Crippen LogP contribution is 2.38. The number of carbonyl (C=O) groups excluding carboxylic acids is 1. The number of thiophene rings is 1. The van der Waals surface area contributed by atoms with Crippen molar-refractivity contribution >= 4 is 33.1 Å². The first-order chi connectivity index (χ1) is 11.9. The zero-order chi connectivity index (χ0) is 17.6. The fraction of sp³-hybridized carbons (Fsp3) is 0.450. The van der Waals surface area contributed by atoms with Crippen molar-refractivity contribution in [1.82, 2.24) is 4.90 Å². The van der Waals surface area contributed by atoms with Crippen molar-refractivity contribution in [2.24, 2.45) is 0 Å². The van der Waals surface area contributed by atoms with Crippen LogP contribution in [0.5, 0.6) is 0 Å². The molecule has 1 aromatic carbocycles. The third-order valence-corrected chi connectivity index (χ3v) is 5.74. The van der Waals surface area contributed by atoms with Gasteiger partial charge in [0.05, 0.1) is 25.3 Å². The molecule has 0 aliphatic carbocycles. The van der Waals surface area contributed by atoms with E-state index >= 15 is 0 Å². The molecule has 2 atom stereocenters. The molecule has 0 saturated carbocycles. The van der Waals surface area contributed by atoms with Crippen LogP contribution >= 0.6 is 11.3 Å². The largest absolute Gasteiger partial charge is 0.444 e. The summed E-state index contributed by atoms with van der Waals surface area (Å²) in [5, 5.41) is 1.28. The zero-order valence-electron chi connectivity index (χ0n) is 14.8. The Bertz CT molecular complexity index is 800. The van der Waals surface area contributed by atoms with Crippen molar-refractivity contribution in [2.75, 3.05) is 13.2 Å². The molecule has 0 radical (unpaired) electrons. The van der Waals surface area contributed by atoms with E-state index in [0.29, 0.717) is 13.2 Å². The molecule has 5 heteroatoms. The first-order valence-electron chi connectivity index (χ1n) is 8.69. The van der Waals surface area contributed by atoms with Crippen LogP contribution in [-0.2, 0) is 9.47 Å². The molecule has 0 N–H and O–H groups in total. The van der Waals surface area contributed by atoms with Gasteiger partial charge in [0, 0.05) is 9.58 Å². The van der Waals surface area contributed by atoms with E-state index in [4.69, 9.17) is 9.47 Å². The zero-order valence-corrected chi connectivity index (χ0v) is 15.6. The van der Waals surface area contributed by atoms with Gasteiger partial charge in [-0.25, -0.2) is 4.79 Å². The summed E-state index contributed by atoms with van der Waals surface area (Å²) in [6.45, 7) is 6.81. The third-order valence-electron chi connectivity index (χ3n) is 4.54. The van der Waals surface area contributed by atoms with Crippen LogP contribution in [0.1, 0.15) is 32.1 Å². The lowest BCUT2D eigenvalue weighted by atomic mass is 9.93. The number of morpholine rings is 1. The number of benzene rings is 1. The van der Waals surface area contributed by atoms with Gasteiger partial charge in [0.1, 0.15) is 5.60 Å². The average molecular weight is 357 g/mol. The molecule has 2 aromatic rings. The molecule has 0 spiro atoms. The highest BCUT2D eigenvalue weighted by Gasteiger charge is 2.40. The lowest BCUT2D eigenvalue weighted by Gasteiger charge is -2.44. The Kier molecular flexibility index (Phi) is 4.08. The summed E-state index contributed by atoms with van der Waals surface area (Å²) in [6, 6.07) is 10.7. The molecule has 2 bridgehead atoms. The van der Waals surface area contributed by atoms with Crippen LogP contribution in [0.3, 0.4) is 0 Å². The topological polar surface area (TPSA) is 38.8 Å². The van der Waals surface area contributed by atoms with Crippen LogP contribution in [0, 0.1) is 0 Å². The number of fused-ring (bicyclic) bond motifs is 3. The van der Waals surface area contributed by atoms with E-state index < -0.39 is 5.60 Å². The summed E-state index contributed by atoms with van der Waals surface area (Å²) in [7, 11) is 0. The van der Waals surface area contributed by atoms with E-state index in [2.05, 4.69) is 36.4 Å². The average Bonchev–Trinajstić information content (AvgIpc) is 2.96. The SMILES string of the molecule is CC(C)(C)OC(=O)N1C2C=C(c3cc4ccccc4s3)CC1COC2. The fourth-order valence-corrected chi connectivity index (χ4v) is 4.61. The minimum absolute atomic E-state index is 0.0406. The molecule has 1 fully saturated rings. The molecular formula is C20H23NO3S. The maximum atomic E-state index is 12.6. The van der Waals surface area contributed by atoms with E-state index in [0.717, 1.165) is 6.42 Å². The van der Waals surface area contributed by atoms with E-state index in [9.17, 15) is 4.79 Å². The summed E-state index contributed by atoms with van der Waals surface area (Å²) in [6.07, 6.45) is 2.75. The van der Waals surface area contributed by atoms with Crippen LogP contribution in [0.25, 0.3) is 15.7 Å². The molecule has 4 nitrogen and oxygen atoms in total. The lowest BCUT2D eigenvalue weighted by Crippen LogP contribution is -2.57. The van der Waals surface area contributed by atoms with Gasteiger partial charge in [-0.2, -0.15) is 0 Å². The predicted octanol–water partition coefficient (Wildman–Crippen LogP) is 4.69. The Morgan fingerprint density at radius 1 is 1.28 bits per heavy atom. The lowest BCUT2D eigenvalue weighted by molar-refractivity contribution is -0.0510. The maximum absolute atomic E-state index is 12.6. The molecule has 2 aliphatic heterocycles. The summed E-state index contributed by atoms with van der Waals surface area (Å²) in [4.78, 5) is 15.8. The van der Waals surface area contributed by atoms with Gasteiger partial charge in [-0.15, -0.1) is 11.3 Å². The van der Waals surface area contributed by atoms with Crippen molar-refractivity contribution in [2.45, 2.75) is 44.9 Å². The monoisotopic (exact) mass is 357 g/mol. The Morgan fingerprint density at radius 2 is 2.08 bits per heavy atom. The van der Waals surface area contributed by atoms with E-state index in [-0.39, 0.29) is 18.2 Å². The molecule has 25 heavy (non-hydrogen) atoms. The fourth-order valence-electron chi connectivity index (χ4n) is 3.52. The van der Waals surface area contributed by atoms with Crippen LogP contribution < -0.4 is 0 Å². The van der Waals surface area contributed by atoms with Crippen molar-refractivity contribution in [3.8, 4) is 0 Å². The summed E-state index contributed by atoms with van der Waals surface area (Å²) >= 11 is 1.82. The van der Waals surface area contributed by atoms with Crippen LogP contribution in [0.2, 0.25) is 0 Å². The molecule has 4 rings (SSSR count). The second-order valence-electron chi connectivity index (χ2n) is 7.69. The van der Waals surface area contributed by atoms with Gasteiger partial charge >= 0.3 is 6.09 Å². The summed E-state index contributed by atoms with van der Waals surface area (Å²) in [5.74, 6) is 0. The Labute approximate surface area is 152 Å². The quantitative estimate of drug-likeness (QED) is 0.743. The third kappa shape index (κ3) is 3.31. The van der Waals surface area contributed by atoms with Gasteiger partial charge in [0.2, 0.25) is 0 Å². The number of hydrogen-bond donors (Lipinski definition) is 0. The van der Waals surface area contributed by atoms with Gasteiger partial charge in [-0.3, -0.25) is 4.90 Å². The molecule has 3 heterocycles. The van der Waals surface area contributed by atoms with Gasteiger partial charge in [0.25, 0.3) is 0 Å². The van der Waals surface area contributed by atoms with Crippen molar-refractivity contribution < 1.29 is 14.3 Å². The first-order valence-corrected chi connectivity index (χ1v) is 9.51. The number of carbonyl (C=O) groups is 1. The summed E-state index contributed by atoms with van der Waals surface area (Å²) in [5.41, 5.74) is 0.834. The second kappa shape index (κ2) is 6.15. The van der Waals surface area contributed by atoms with Crippen molar-refractivity contribution in [3.63, 3.8) is 0 Å². The normalized spacial score (nSPS) is 23.5. The molecular weight excluding hydrogens is 334 g/mol. The van der Waals surface area contributed by atoms with E-state index in [1.165, 1.54) is 20.5 Å². The van der Waals surface area contributed by atoms with Gasteiger partial charge < -0.3 is 9.47 Å². The van der Waals surface area contributed by atoms with E-state index in [1.807, 2.05) is 37.0 Å². The Morgan fingerprint density at radius 3 is 2.80 bits per heavy atom. The Balaban J connectivity index is 1.63. The number of nitrogens with zero attached hydrogens (tertiary/aromatic N) is 1. The van der Waals surface area contributed by atoms with Gasteiger partial charge in [-0.1, -0.05) is 24.3 Å². The first kappa shape index (κ1) is 16.6. The van der Waals surface area contributed by atoms with Crippen LogP contribution in [0.4, 0.5) is 4.79 Å². The highest BCUT2D eigenvalue weighted by molar-refractivity contribution is 7.20. The molecule has 2 unspecified atom stereocenters. The number of amides is 1. The number of ether oxygens (including phenoxy) is 2. The standard InChI is InChI=1S/C20H23NO3S/c1-20(2,3)24-19(22)21-15-8-14(9-16(21)12-23-11-15)18-10-13-6-4-5-7-17(13)25-18/h4-8,10,15-16H,9,11-12H2,1-3H3. The second-order valence-corrected chi connectivity index (χ2v) is 8.77. The van der Waals surface area contributed by atoms with Crippen molar-refractivity contribution in [1.29, 1.82) is 0 Å². The highest BCUT2D eigenvalue weighted by atomic mass is 32.1. The maximum Gasteiger partial charge on any atom is 0.411 e. The number of hydrogen-bond acceptors (Lipinski definition) is 4. The smallest absolute Gasteiger partial charge is 0.411 e. The molecule has 2 aliphatic rings. The van der Waals surface area contributed by atoms with Gasteiger partial charge in [0.15, 0.2) is 0 Å². The Hall–Kier alpha value is -1.85. The predicted molar refractivity (Wildman–Crippen MR) is 101 cm³/mol. The number of rotatable bonds is 1. The molecule has 1 saturated heterocycles. The van der Waals surface area contributed by atoms with Crippen molar-refractivity contribution in [3.05, 3.63) is 41.3 Å². The van der Waals surface area contributed by atoms with Gasteiger partial charge in [-0.05, 0) is 50.3 Å². The summed E-state index contributed by atoms with van der Waals surface area (Å²) < 4.78 is 12.6. The minimum Gasteiger partial charge on any atom is -0.444 e. The molecule has 1 amide bonds. The van der Waals surface area contributed by atoms with Crippen LogP contribution in [-0.4, -0.2) is 41.9 Å². The molecule has 1 aromatic heterocycles. The molecule has 132 valence electrons. The minimum atomic E-state index is -0.484. The van der Waals surface area contributed by atoms with Crippen LogP contribution in [0.15, 0.2) is 36.4 Å². The van der Waals surface area contributed by atoms with E-state index in [1.54, 1.807) is 0 Å².